The third-order valence-electron chi connectivity index (χ3n) is 2.41. The molecule has 0 radical (unpaired) electrons. The van der Waals surface area contributed by atoms with E-state index in [2.05, 4.69) is 10.3 Å². The number of nitrogens with zero attached hydrogens (tertiary/aromatic N) is 2. The Morgan fingerprint density at radius 1 is 1.63 bits per heavy atom. The van der Waals surface area contributed by atoms with Crippen LogP contribution >= 0.6 is 23.1 Å². The molecule has 0 aliphatic rings. The van der Waals surface area contributed by atoms with Crippen LogP contribution in [-0.2, 0) is 11.3 Å². The number of carbonyl (C=O) groups is 2. The predicted octanol–water partition coefficient (Wildman–Crippen LogP) is 1.49. The number of hydrogen-bond acceptors (Lipinski definition) is 5. The van der Waals surface area contributed by atoms with Crippen molar-refractivity contribution in [1.29, 1.82) is 0 Å². The summed E-state index contributed by atoms with van der Waals surface area (Å²) in [5.41, 5.74) is 0. The summed E-state index contributed by atoms with van der Waals surface area (Å²) in [6.07, 6.45) is 3.98. The van der Waals surface area contributed by atoms with Crippen LogP contribution in [0.1, 0.15) is 11.4 Å². The highest BCUT2D eigenvalue weighted by atomic mass is 32.2. The summed E-state index contributed by atoms with van der Waals surface area (Å²) in [5.74, 6) is -0.321. The number of urea groups is 1. The van der Waals surface area contributed by atoms with Crippen LogP contribution in [0.15, 0.2) is 11.6 Å². The van der Waals surface area contributed by atoms with Gasteiger partial charge in [0.2, 0.25) is 0 Å². The van der Waals surface area contributed by atoms with Gasteiger partial charge in [0.25, 0.3) is 0 Å². The van der Waals surface area contributed by atoms with Crippen LogP contribution in [-0.4, -0.2) is 52.1 Å². The van der Waals surface area contributed by atoms with Crippen molar-refractivity contribution in [3.63, 3.8) is 0 Å². The molecule has 0 unspecified atom stereocenters. The van der Waals surface area contributed by atoms with Gasteiger partial charge in [-0.2, -0.15) is 11.8 Å². The SMILES string of the molecule is CSCC[C@@H](NC(=O)N(C)Cc1nccs1)C(=O)O. The number of aromatic nitrogens is 1. The lowest BCUT2D eigenvalue weighted by Crippen LogP contribution is -2.46. The van der Waals surface area contributed by atoms with Gasteiger partial charge in [-0.15, -0.1) is 11.3 Å². The molecule has 0 saturated heterocycles. The van der Waals surface area contributed by atoms with E-state index in [1.165, 1.54) is 16.2 Å². The standard InChI is InChI=1S/C11H17N3O3S2/c1-14(7-9-12-4-6-19-9)11(17)13-8(10(15)16)3-5-18-2/h4,6,8H,3,5,7H2,1-2H3,(H,13,17)(H,15,16)/t8-/m1/s1. The summed E-state index contributed by atoms with van der Waals surface area (Å²) in [4.78, 5) is 28.4. The monoisotopic (exact) mass is 303 g/mol. The van der Waals surface area contributed by atoms with Crippen molar-refractivity contribution in [2.45, 2.75) is 19.0 Å². The van der Waals surface area contributed by atoms with E-state index in [9.17, 15) is 9.59 Å². The number of carboxylic acids is 1. The van der Waals surface area contributed by atoms with Crippen molar-refractivity contribution >= 4 is 35.1 Å². The second-order valence-corrected chi connectivity index (χ2v) is 5.87. The minimum absolute atomic E-state index is 0.373. The Hall–Kier alpha value is -1.28. The summed E-state index contributed by atoms with van der Waals surface area (Å²) in [7, 11) is 1.62. The van der Waals surface area contributed by atoms with Crippen LogP contribution in [0.25, 0.3) is 0 Å². The number of rotatable bonds is 7. The first-order chi connectivity index (χ1) is 9.04. The molecule has 1 aromatic heterocycles. The Bertz CT molecular complexity index is 411. The van der Waals surface area contributed by atoms with Gasteiger partial charge in [0.05, 0.1) is 6.54 Å². The Morgan fingerprint density at radius 2 is 2.37 bits per heavy atom. The number of carboxylic acid groups (broad SMARTS) is 1. The highest BCUT2D eigenvalue weighted by Crippen LogP contribution is 2.07. The zero-order valence-electron chi connectivity index (χ0n) is 10.8. The summed E-state index contributed by atoms with van der Waals surface area (Å²) < 4.78 is 0. The van der Waals surface area contributed by atoms with E-state index in [1.54, 1.807) is 25.0 Å². The Morgan fingerprint density at radius 3 is 2.89 bits per heavy atom. The van der Waals surface area contributed by atoms with E-state index in [0.29, 0.717) is 18.7 Å². The van der Waals surface area contributed by atoms with Crippen LogP contribution in [0.5, 0.6) is 0 Å². The molecule has 6 nitrogen and oxygen atoms in total. The van der Waals surface area contributed by atoms with E-state index >= 15 is 0 Å². The quantitative estimate of drug-likeness (QED) is 0.797. The lowest BCUT2D eigenvalue weighted by Gasteiger charge is -2.20. The van der Waals surface area contributed by atoms with Crippen molar-refractivity contribution in [2.75, 3.05) is 19.1 Å². The van der Waals surface area contributed by atoms with E-state index in [0.717, 1.165) is 5.01 Å². The highest BCUT2D eigenvalue weighted by Gasteiger charge is 2.21. The lowest BCUT2D eigenvalue weighted by atomic mass is 10.2. The van der Waals surface area contributed by atoms with E-state index in [1.807, 2.05) is 11.6 Å². The van der Waals surface area contributed by atoms with Gasteiger partial charge in [-0.1, -0.05) is 0 Å². The minimum atomic E-state index is -1.01. The maximum atomic E-state index is 11.9. The van der Waals surface area contributed by atoms with Gasteiger partial charge < -0.3 is 15.3 Å². The molecule has 106 valence electrons. The van der Waals surface area contributed by atoms with Crippen molar-refractivity contribution < 1.29 is 14.7 Å². The number of aliphatic carboxylic acids is 1. The van der Waals surface area contributed by atoms with Gasteiger partial charge in [-0.25, -0.2) is 14.6 Å². The van der Waals surface area contributed by atoms with Crippen LogP contribution < -0.4 is 5.32 Å². The van der Waals surface area contributed by atoms with Gasteiger partial charge in [-0.3, -0.25) is 0 Å². The minimum Gasteiger partial charge on any atom is -0.480 e. The number of amides is 2. The molecule has 0 saturated carbocycles. The molecule has 1 atom stereocenters. The first-order valence-corrected chi connectivity index (χ1v) is 7.93. The number of carbonyl (C=O) groups excluding carboxylic acids is 1. The van der Waals surface area contributed by atoms with Crippen molar-refractivity contribution in [1.82, 2.24) is 15.2 Å². The maximum Gasteiger partial charge on any atom is 0.326 e. The van der Waals surface area contributed by atoms with Crippen LogP contribution in [0.3, 0.4) is 0 Å². The second kappa shape index (κ2) is 8.00. The van der Waals surface area contributed by atoms with Gasteiger partial charge >= 0.3 is 12.0 Å². The van der Waals surface area contributed by atoms with Crippen molar-refractivity contribution in [2.24, 2.45) is 0 Å². The van der Waals surface area contributed by atoms with Gasteiger partial charge in [0.1, 0.15) is 11.0 Å². The first kappa shape index (κ1) is 15.8. The van der Waals surface area contributed by atoms with Crippen molar-refractivity contribution in [3.05, 3.63) is 16.6 Å². The van der Waals surface area contributed by atoms with Crippen LogP contribution in [0.2, 0.25) is 0 Å². The zero-order chi connectivity index (χ0) is 14.3. The maximum absolute atomic E-state index is 11.9. The first-order valence-electron chi connectivity index (χ1n) is 5.66. The predicted molar refractivity (Wildman–Crippen MR) is 76.5 cm³/mol. The lowest BCUT2D eigenvalue weighted by molar-refractivity contribution is -0.139. The topological polar surface area (TPSA) is 82.5 Å². The Kier molecular flexibility index (Phi) is 6.65. The molecule has 0 bridgehead atoms. The number of thioether (sulfide) groups is 1. The molecule has 0 fully saturated rings. The normalized spacial score (nSPS) is 11.9. The summed E-state index contributed by atoms with van der Waals surface area (Å²) in [6, 6.07) is -1.25. The molecular formula is C11H17N3O3S2. The molecule has 0 aromatic carbocycles. The average molecular weight is 303 g/mol. The largest absolute Gasteiger partial charge is 0.480 e. The number of nitrogens with one attached hydrogen (secondary N) is 1. The fraction of sp³-hybridized carbons (Fsp3) is 0.545. The van der Waals surface area contributed by atoms with Crippen molar-refractivity contribution in [3.8, 4) is 0 Å². The third kappa shape index (κ3) is 5.48. The zero-order valence-corrected chi connectivity index (χ0v) is 12.5. The molecule has 8 heteroatoms. The second-order valence-electron chi connectivity index (χ2n) is 3.90. The van der Waals surface area contributed by atoms with E-state index in [-0.39, 0.29) is 0 Å². The summed E-state index contributed by atoms with van der Waals surface area (Å²) in [5, 5.41) is 14.2. The molecule has 2 amide bonds. The van der Waals surface area contributed by atoms with Gasteiger partial charge in [0.15, 0.2) is 0 Å². The van der Waals surface area contributed by atoms with Crippen LogP contribution in [0.4, 0.5) is 4.79 Å². The number of thiazole rings is 1. The molecule has 1 aromatic rings. The summed E-state index contributed by atoms with van der Waals surface area (Å²) in [6.45, 7) is 0.373. The van der Waals surface area contributed by atoms with E-state index < -0.39 is 18.0 Å². The Balaban J connectivity index is 2.48. The van der Waals surface area contributed by atoms with Gasteiger partial charge in [0, 0.05) is 18.6 Å². The summed E-state index contributed by atoms with van der Waals surface area (Å²) >= 11 is 3.01. The fourth-order valence-electron chi connectivity index (χ4n) is 1.36. The Labute approximate surface area is 120 Å². The molecule has 0 spiro atoms. The molecule has 2 N–H and O–H groups in total. The van der Waals surface area contributed by atoms with Gasteiger partial charge in [-0.05, 0) is 18.4 Å². The smallest absolute Gasteiger partial charge is 0.326 e. The number of hydrogen-bond donors (Lipinski definition) is 2. The molecule has 0 aliphatic heterocycles. The fourth-order valence-corrected chi connectivity index (χ4v) is 2.50. The molecule has 1 rings (SSSR count). The molecule has 0 aliphatic carbocycles. The molecule has 19 heavy (non-hydrogen) atoms. The molecule has 1 heterocycles. The van der Waals surface area contributed by atoms with E-state index in [4.69, 9.17) is 5.11 Å². The third-order valence-corrected chi connectivity index (χ3v) is 3.82. The molecular weight excluding hydrogens is 286 g/mol. The highest BCUT2D eigenvalue weighted by molar-refractivity contribution is 7.98. The average Bonchev–Trinajstić information content (AvgIpc) is 2.86. The van der Waals surface area contributed by atoms with Crippen LogP contribution in [0, 0.1) is 0 Å².